The van der Waals surface area contributed by atoms with Gasteiger partial charge in [0.15, 0.2) is 0 Å². The van der Waals surface area contributed by atoms with Crippen molar-refractivity contribution in [1.29, 1.82) is 0 Å². The van der Waals surface area contributed by atoms with Crippen LogP contribution in [-0.4, -0.2) is 64.5 Å². The number of nitrogens with one attached hydrogen (secondary N) is 1. The van der Waals surface area contributed by atoms with Crippen molar-refractivity contribution < 1.29 is 23.7 Å². The predicted octanol–water partition coefficient (Wildman–Crippen LogP) is 3.12. The number of benzene rings is 2. The average Bonchev–Trinajstić information content (AvgIpc) is 2.80. The lowest BCUT2D eigenvalue weighted by atomic mass is 10.1. The summed E-state index contributed by atoms with van der Waals surface area (Å²) in [5.41, 5.74) is 1.75. The Morgan fingerprint density at radius 3 is 2.48 bits per heavy atom. The minimum absolute atomic E-state index is 0.0548. The van der Waals surface area contributed by atoms with Gasteiger partial charge in [0.1, 0.15) is 23.4 Å². The van der Waals surface area contributed by atoms with Crippen molar-refractivity contribution in [2.45, 2.75) is 25.5 Å². The maximum absolute atomic E-state index is 12.6. The molecule has 31 heavy (non-hydrogen) atoms. The summed E-state index contributed by atoms with van der Waals surface area (Å²) < 4.78 is 21.9. The summed E-state index contributed by atoms with van der Waals surface area (Å²) >= 11 is 0. The van der Waals surface area contributed by atoms with Crippen LogP contribution in [0.15, 0.2) is 42.5 Å². The fraction of sp³-hybridized carbons (Fsp3) is 0.458. The molecule has 0 bridgehead atoms. The van der Waals surface area contributed by atoms with Gasteiger partial charge in [-0.05, 0) is 42.7 Å². The van der Waals surface area contributed by atoms with E-state index in [1.165, 1.54) is 5.56 Å². The first-order valence-electron chi connectivity index (χ1n) is 10.6. The molecule has 0 aromatic heterocycles. The molecular weight excluding hydrogens is 396 g/mol. The standard InChI is InChI=1S/C24H32N2O5/c1-28-14-11-25-24(27)22-8-7-21(30-3)16-23(22)31-19-9-12-26(13-10-19)17-18-5-4-6-20(15-18)29-2/h4-8,15-16,19H,9-14,17H2,1-3H3,(H,25,27). The molecule has 1 heterocycles. The Labute approximate surface area is 184 Å². The number of carbonyl (C=O) groups excluding carboxylic acids is 1. The number of carbonyl (C=O) groups is 1. The van der Waals surface area contributed by atoms with Crippen LogP contribution in [0.2, 0.25) is 0 Å². The van der Waals surface area contributed by atoms with Crippen LogP contribution in [0.25, 0.3) is 0 Å². The van der Waals surface area contributed by atoms with Crippen LogP contribution in [0.3, 0.4) is 0 Å². The molecule has 2 aromatic rings. The minimum atomic E-state index is -0.176. The zero-order chi connectivity index (χ0) is 22.1. The Bertz CT molecular complexity index is 850. The van der Waals surface area contributed by atoms with Crippen LogP contribution in [0.1, 0.15) is 28.8 Å². The summed E-state index contributed by atoms with van der Waals surface area (Å²) in [5, 5.41) is 2.86. The third kappa shape index (κ3) is 6.60. The number of amides is 1. The Kier molecular flexibility index (Phi) is 8.55. The zero-order valence-electron chi connectivity index (χ0n) is 18.6. The van der Waals surface area contributed by atoms with Crippen molar-refractivity contribution in [2.24, 2.45) is 0 Å². The topological polar surface area (TPSA) is 69.3 Å². The molecule has 0 saturated carbocycles. The number of piperidine rings is 1. The first kappa shape index (κ1) is 22.9. The van der Waals surface area contributed by atoms with Crippen molar-refractivity contribution >= 4 is 5.91 Å². The molecule has 7 heteroatoms. The molecule has 168 valence electrons. The van der Waals surface area contributed by atoms with Gasteiger partial charge in [0.05, 0.1) is 26.4 Å². The lowest BCUT2D eigenvalue weighted by Gasteiger charge is -2.32. The van der Waals surface area contributed by atoms with Gasteiger partial charge in [-0.25, -0.2) is 0 Å². The summed E-state index contributed by atoms with van der Waals surface area (Å²) in [6, 6.07) is 13.5. The quantitative estimate of drug-likeness (QED) is 0.587. The average molecular weight is 429 g/mol. The SMILES string of the molecule is COCCNC(=O)c1ccc(OC)cc1OC1CCN(Cc2cccc(OC)c2)CC1. The summed E-state index contributed by atoms with van der Waals surface area (Å²) in [5.74, 6) is 1.93. The number of ether oxygens (including phenoxy) is 4. The van der Waals surface area contributed by atoms with Gasteiger partial charge in [0.25, 0.3) is 5.91 Å². The normalized spacial score (nSPS) is 14.8. The number of hydrogen-bond donors (Lipinski definition) is 1. The number of likely N-dealkylation sites (tertiary alicyclic amines) is 1. The smallest absolute Gasteiger partial charge is 0.255 e. The van der Waals surface area contributed by atoms with E-state index < -0.39 is 0 Å². The van der Waals surface area contributed by atoms with Gasteiger partial charge in [-0.3, -0.25) is 9.69 Å². The largest absolute Gasteiger partial charge is 0.497 e. The highest BCUT2D eigenvalue weighted by atomic mass is 16.5. The lowest BCUT2D eigenvalue weighted by molar-refractivity contribution is 0.0881. The molecule has 1 saturated heterocycles. The van der Waals surface area contributed by atoms with Gasteiger partial charge in [-0.2, -0.15) is 0 Å². The second-order valence-corrected chi connectivity index (χ2v) is 7.56. The van der Waals surface area contributed by atoms with E-state index in [-0.39, 0.29) is 12.0 Å². The molecular formula is C24H32N2O5. The Balaban J connectivity index is 1.59. The summed E-state index contributed by atoms with van der Waals surface area (Å²) in [6.07, 6.45) is 1.84. The molecule has 7 nitrogen and oxygen atoms in total. The number of nitrogens with zero attached hydrogens (tertiary/aromatic N) is 1. The monoisotopic (exact) mass is 428 g/mol. The predicted molar refractivity (Wildman–Crippen MR) is 119 cm³/mol. The van der Waals surface area contributed by atoms with Gasteiger partial charge < -0.3 is 24.3 Å². The minimum Gasteiger partial charge on any atom is -0.497 e. The fourth-order valence-corrected chi connectivity index (χ4v) is 3.67. The zero-order valence-corrected chi connectivity index (χ0v) is 18.6. The molecule has 1 fully saturated rings. The third-order valence-corrected chi connectivity index (χ3v) is 5.39. The summed E-state index contributed by atoms with van der Waals surface area (Å²) in [7, 11) is 4.90. The van der Waals surface area contributed by atoms with E-state index in [0.29, 0.717) is 30.2 Å². The molecule has 0 spiro atoms. The van der Waals surface area contributed by atoms with Crippen LogP contribution in [0.4, 0.5) is 0 Å². The first-order chi connectivity index (χ1) is 15.1. The Morgan fingerprint density at radius 1 is 1.03 bits per heavy atom. The Morgan fingerprint density at radius 2 is 1.77 bits per heavy atom. The third-order valence-electron chi connectivity index (χ3n) is 5.39. The molecule has 0 aliphatic carbocycles. The van der Waals surface area contributed by atoms with Crippen molar-refractivity contribution in [3.05, 3.63) is 53.6 Å². The molecule has 1 amide bonds. The lowest BCUT2D eigenvalue weighted by Crippen LogP contribution is -2.38. The highest BCUT2D eigenvalue weighted by molar-refractivity contribution is 5.97. The van der Waals surface area contributed by atoms with Gasteiger partial charge in [0, 0.05) is 39.4 Å². The highest BCUT2D eigenvalue weighted by Gasteiger charge is 2.23. The van der Waals surface area contributed by atoms with Crippen LogP contribution in [-0.2, 0) is 11.3 Å². The number of hydrogen-bond acceptors (Lipinski definition) is 6. The van der Waals surface area contributed by atoms with Gasteiger partial charge in [-0.15, -0.1) is 0 Å². The summed E-state index contributed by atoms with van der Waals surface area (Å²) in [6.45, 7) is 3.66. The molecule has 2 aromatic carbocycles. The van der Waals surface area contributed by atoms with Gasteiger partial charge in [0.2, 0.25) is 0 Å². The maximum Gasteiger partial charge on any atom is 0.255 e. The molecule has 0 unspecified atom stereocenters. The highest BCUT2D eigenvalue weighted by Crippen LogP contribution is 2.28. The van der Waals surface area contributed by atoms with Crippen molar-refractivity contribution in [2.75, 3.05) is 47.6 Å². The van der Waals surface area contributed by atoms with Crippen LogP contribution in [0.5, 0.6) is 17.2 Å². The van der Waals surface area contributed by atoms with Crippen LogP contribution >= 0.6 is 0 Å². The van der Waals surface area contributed by atoms with Crippen molar-refractivity contribution in [1.82, 2.24) is 10.2 Å². The molecule has 1 N–H and O–H groups in total. The maximum atomic E-state index is 12.6. The van der Waals surface area contributed by atoms with E-state index in [0.717, 1.165) is 38.2 Å². The van der Waals surface area contributed by atoms with Gasteiger partial charge in [-0.1, -0.05) is 12.1 Å². The number of methoxy groups -OCH3 is 3. The van der Waals surface area contributed by atoms with Gasteiger partial charge >= 0.3 is 0 Å². The fourth-order valence-electron chi connectivity index (χ4n) is 3.67. The van der Waals surface area contributed by atoms with Crippen molar-refractivity contribution in [3.8, 4) is 17.2 Å². The molecule has 1 aliphatic heterocycles. The Hall–Kier alpha value is -2.77. The molecule has 0 radical (unpaired) electrons. The number of rotatable bonds is 10. The van der Waals surface area contributed by atoms with E-state index in [2.05, 4.69) is 22.3 Å². The van der Waals surface area contributed by atoms with E-state index in [9.17, 15) is 4.79 Å². The van der Waals surface area contributed by atoms with E-state index in [1.54, 1.807) is 39.5 Å². The first-order valence-corrected chi connectivity index (χ1v) is 10.6. The molecule has 0 atom stereocenters. The summed E-state index contributed by atoms with van der Waals surface area (Å²) in [4.78, 5) is 15.0. The van der Waals surface area contributed by atoms with Crippen molar-refractivity contribution in [3.63, 3.8) is 0 Å². The second kappa shape index (κ2) is 11.6. The van der Waals surface area contributed by atoms with Crippen LogP contribution < -0.4 is 19.5 Å². The second-order valence-electron chi connectivity index (χ2n) is 7.56. The molecule has 1 aliphatic rings. The van der Waals surface area contributed by atoms with E-state index >= 15 is 0 Å². The van der Waals surface area contributed by atoms with Crippen LogP contribution in [0, 0.1) is 0 Å². The van der Waals surface area contributed by atoms with E-state index in [1.807, 2.05) is 12.1 Å². The molecule has 3 rings (SSSR count). The van der Waals surface area contributed by atoms with E-state index in [4.69, 9.17) is 18.9 Å².